The number of ketones is 1. The zero-order chi connectivity index (χ0) is 28.8. The Hall–Kier alpha value is -2.98. The number of piperazine rings is 1. The van der Waals surface area contributed by atoms with Crippen molar-refractivity contribution in [3.8, 4) is 0 Å². The topological polar surface area (TPSA) is 111 Å². The minimum Gasteiger partial charge on any atom is -0.371 e. The number of hydrogen-bond acceptors (Lipinski definition) is 7. The zero-order valence-corrected chi connectivity index (χ0v) is 24.4. The molecule has 220 valence electrons. The third kappa shape index (κ3) is 6.66. The van der Waals surface area contributed by atoms with Crippen LogP contribution in [0.5, 0.6) is 0 Å². The molecule has 2 N–H and O–H groups in total. The largest absolute Gasteiger partial charge is 0.371 e. The van der Waals surface area contributed by atoms with Gasteiger partial charge < -0.3 is 30.1 Å². The molecule has 3 aliphatic rings. The highest BCUT2D eigenvalue weighted by Gasteiger charge is 2.52. The van der Waals surface area contributed by atoms with Crippen LogP contribution in [0.3, 0.4) is 0 Å². The second-order valence-electron chi connectivity index (χ2n) is 11.5. The molecule has 0 aromatic heterocycles. The Morgan fingerprint density at radius 3 is 2.42 bits per heavy atom. The zero-order valence-electron chi connectivity index (χ0n) is 24.4. The van der Waals surface area contributed by atoms with E-state index in [-0.39, 0.29) is 47.9 Å². The van der Waals surface area contributed by atoms with Gasteiger partial charge in [-0.25, -0.2) is 0 Å². The summed E-state index contributed by atoms with van der Waals surface area (Å²) in [6.45, 7) is 10.8. The molecule has 4 rings (SSSR count). The molecule has 40 heavy (non-hydrogen) atoms. The number of rotatable bonds is 11. The number of methoxy groups -OCH3 is 1. The van der Waals surface area contributed by atoms with Crippen molar-refractivity contribution in [2.75, 3.05) is 57.8 Å². The van der Waals surface area contributed by atoms with Crippen LogP contribution in [0.4, 0.5) is 5.69 Å². The quantitative estimate of drug-likeness (QED) is 0.428. The van der Waals surface area contributed by atoms with E-state index >= 15 is 0 Å². The number of Topliss-reactive ketones (excluding diaryl/α,β-unsaturated/α-hetero) is 1. The Morgan fingerprint density at radius 2 is 1.77 bits per heavy atom. The van der Waals surface area contributed by atoms with Crippen LogP contribution in [0.25, 0.3) is 0 Å². The van der Waals surface area contributed by atoms with Gasteiger partial charge in [-0.15, -0.1) is 0 Å². The monoisotopic (exact) mass is 555 g/mol. The predicted molar refractivity (Wildman–Crippen MR) is 153 cm³/mol. The van der Waals surface area contributed by atoms with Crippen LogP contribution in [-0.2, 0) is 19.1 Å². The van der Waals surface area contributed by atoms with E-state index in [1.807, 2.05) is 45.0 Å². The van der Waals surface area contributed by atoms with E-state index in [2.05, 4.69) is 15.5 Å². The molecule has 0 radical (unpaired) electrons. The standard InChI is InChI=1S/C30H45N5O5/c1-5-21(3)28(40-4)30(39)35-19-25(36)27-24(35)11-15-34(27)26(37)18-20(2)10-12-32-29(38)22-6-8-23(9-7-22)33-16-13-31-14-17-33/h6-9,20-21,24,27-28,31H,5,10-19H2,1-4H3,(H,32,38). The first-order valence-electron chi connectivity index (χ1n) is 14.7. The normalized spacial score (nSPS) is 23.1. The first kappa shape index (κ1) is 30.0. The minimum atomic E-state index is -0.582. The highest BCUT2D eigenvalue weighted by Crippen LogP contribution is 2.32. The lowest BCUT2D eigenvalue weighted by Crippen LogP contribution is -2.47. The molecule has 0 aliphatic carbocycles. The number of anilines is 1. The number of ether oxygens (including phenoxy) is 1. The molecule has 3 aliphatic heterocycles. The number of likely N-dealkylation sites (tertiary alicyclic amines) is 2. The molecule has 3 saturated heterocycles. The highest BCUT2D eigenvalue weighted by molar-refractivity contribution is 5.98. The maximum atomic E-state index is 13.2. The number of nitrogens with one attached hydrogen (secondary N) is 2. The van der Waals surface area contributed by atoms with Gasteiger partial charge in [-0.2, -0.15) is 0 Å². The average molecular weight is 556 g/mol. The fraction of sp³-hybridized carbons (Fsp3) is 0.667. The number of carbonyl (C=O) groups excluding carboxylic acids is 4. The molecule has 3 heterocycles. The molecule has 5 atom stereocenters. The van der Waals surface area contributed by atoms with Gasteiger partial charge in [-0.1, -0.05) is 27.2 Å². The molecular weight excluding hydrogens is 510 g/mol. The summed E-state index contributed by atoms with van der Waals surface area (Å²) >= 11 is 0. The third-order valence-electron chi connectivity index (χ3n) is 8.74. The number of hydrogen-bond donors (Lipinski definition) is 2. The summed E-state index contributed by atoms with van der Waals surface area (Å²) in [6.07, 6.45) is 1.77. The van der Waals surface area contributed by atoms with E-state index < -0.39 is 12.1 Å². The maximum absolute atomic E-state index is 13.2. The smallest absolute Gasteiger partial charge is 0.252 e. The molecule has 10 nitrogen and oxygen atoms in total. The summed E-state index contributed by atoms with van der Waals surface area (Å²) in [7, 11) is 1.53. The number of benzene rings is 1. The Balaban J connectivity index is 1.23. The van der Waals surface area contributed by atoms with Crippen molar-refractivity contribution in [3.63, 3.8) is 0 Å². The van der Waals surface area contributed by atoms with Gasteiger partial charge >= 0.3 is 0 Å². The lowest BCUT2D eigenvalue weighted by molar-refractivity contribution is -0.146. The molecule has 0 spiro atoms. The third-order valence-corrected chi connectivity index (χ3v) is 8.74. The van der Waals surface area contributed by atoms with Crippen molar-refractivity contribution in [2.45, 2.75) is 64.6 Å². The van der Waals surface area contributed by atoms with Crippen molar-refractivity contribution in [1.29, 1.82) is 0 Å². The van der Waals surface area contributed by atoms with Gasteiger partial charge in [0, 0.05) is 64.0 Å². The summed E-state index contributed by atoms with van der Waals surface area (Å²) in [5.41, 5.74) is 1.74. The molecule has 1 aromatic rings. The fourth-order valence-corrected chi connectivity index (χ4v) is 6.14. The molecular formula is C30H45N5O5. The number of amides is 3. The van der Waals surface area contributed by atoms with Gasteiger partial charge in [-0.05, 0) is 48.9 Å². The van der Waals surface area contributed by atoms with Crippen LogP contribution in [0.15, 0.2) is 24.3 Å². The number of carbonyl (C=O) groups is 4. The Morgan fingerprint density at radius 1 is 1.07 bits per heavy atom. The van der Waals surface area contributed by atoms with Crippen LogP contribution in [0, 0.1) is 11.8 Å². The lowest BCUT2D eigenvalue weighted by atomic mass is 10.00. The van der Waals surface area contributed by atoms with Crippen molar-refractivity contribution < 1.29 is 23.9 Å². The Kier molecular flexibility index (Phi) is 10.2. The minimum absolute atomic E-state index is 0.0338. The summed E-state index contributed by atoms with van der Waals surface area (Å²) in [6, 6.07) is 6.84. The average Bonchev–Trinajstić information content (AvgIpc) is 3.55. The fourth-order valence-electron chi connectivity index (χ4n) is 6.14. The molecule has 5 unspecified atom stereocenters. The van der Waals surface area contributed by atoms with E-state index in [9.17, 15) is 19.2 Å². The first-order valence-corrected chi connectivity index (χ1v) is 14.7. The Bertz CT molecular complexity index is 1060. The first-order chi connectivity index (χ1) is 19.2. The molecule has 3 amide bonds. The van der Waals surface area contributed by atoms with Gasteiger partial charge in [-0.3, -0.25) is 19.2 Å². The van der Waals surface area contributed by atoms with Crippen molar-refractivity contribution >= 4 is 29.2 Å². The molecule has 3 fully saturated rings. The van der Waals surface area contributed by atoms with Crippen molar-refractivity contribution in [1.82, 2.24) is 20.4 Å². The number of fused-ring (bicyclic) bond motifs is 1. The highest BCUT2D eigenvalue weighted by atomic mass is 16.5. The summed E-state index contributed by atoms with van der Waals surface area (Å²) in [4.78, 5) is 57.6. The van der Waals surface area contributed by atoms with E-state index in [4.69, 9.17) is 4.74 Å². The molecule has 10 heteroatoms. The summed E-state index contributed by atoms with van der Waals surface area (Å²) in [5.74, 6) is -0.340. The predicted octanol–water partition coefficient (Wildman–Crippen LogP) is 1.68. The molecule has 0 saturated carbocycles. The van der Waals surface area contributed by atoms with E-state index in [1.165, 1.54) is 7.11 Å². The Labute approximate surface area is 237 Å². The summed E-state index contributed by atoms with van der Waals surface area (Å²) < 4.78 is 5.48. The van der Waals surface area contributed by atoms with Gasteiger partial charge in [0.05, 0.1) is 12.6 Å². The number of nitrogens with zero attached hydrogens (tertiary/aromatic N) is 3. The van der Waals surface area contributed by atoms with Crippen LogP contribution >= 0.6 is 0 Å². The SMILES string of the molecule is CCC(C)C(OC)C(=O)N1CC(=O)C2C1CCN2C(=O)CC(C)CCNC(=O)c1ccc(N2CCNCC2)cc1. The van der Waals surface area contributed by atoms with Gasteiger partial charge in [0.2, 0.25) is 5.91 Å². The van der Waals surface area contributed by atoms with Crippen LogP contribution < -0.4 is 15.5 Å². The van der Waals surface area contributed by atoms with Crippen LogP contribution in [0.1, 0.15) is 56.8 Å². The van der Waals surface area contributed by atoms with Crippen molar-refractivity contribution in [3.05, 3.63) is 29.8 Å². The summed E-state index contributed by atoms with van der Waals surface area (Å²) in [5, 5.41) is 6.31. The van der Waals surface area contributed by atoms with Gasteiger partial charge in [0.25, 0.3) is 11.8 Å². The van der Waals surface area contributed by atoms with E-state index in [0.717, 1.165) is 38.3 Å². The lowest BCUT2D eigenvalue weighted by Gasteiger charge is -2.29. The molecule has 1 aromatic carbocycles. The van der Waals surface area contributed by atoms with Crippen LogP contribution in [0.2, 0.25) is 0 Å². The maximum Gasteiger partial charge on any atom is 0.252 e. The second kappa shape index (κ2) is 13.6. The van der Waals surface area contributed by atoms with E-state index in [0.29, 0.717) is 37.9 Å². The second-order valence-corrected chi connectivity index (χ2v) is 11.5. The van der Waals surface area contributed by atoms with Gasteiger partial charge in [0.15, 0.2) is 5.78 Å². The van der Waals surface area contributed by atoms with Crippen molar-refractivity contribution in [2.24, 2.45) is 11.8 Å². The van der Waals surface area contributed by atoms with E-state index in [1.54, 1.807) is 9.80 Å². The van der Waals surface area contributed by atoms with Crippen LogP contribution in [-0.4, -0.2) is 104 Å². The molecule has 0 bridgehead atoms. The van der Waals surface area contributed by atoms with Gasteiger partial charge in [0.1, 0.15) is 12.1 Å².